The van der Waals surface area contributed by atoms with Gasteiger partial charge in [0.05, 0.1) is 101 Å². The Bertz CT molecular complexity index is 1590. The van der Waals surface area contributed by atoms with Crippen LogP contribution < -0.4 is 0 Å². The van der Waals surface area contributed by atoms with Crippen LogP contribution in [0.25, 0.3) is 0 Å². The molecule has 12 nitrogen and oxygen atoms in total. The lowest BCUT2D eigenvalue weighted by Gasteiger charge is -2.27. The molecule has 0 bridgehead atoms. The van der Waals surface area contributed by atoms with E-state index in [2.05, 4.69) is 63.1 Å². The first-order chi connectivity index (χ1) is 37.5. The molecule has 4 atom stereocenters. The van der Waals surface area contributed by atoms with Crippen LogP contribution in [-0.4, -0.2) is 132 Å². The van der Waals surface area contributed by atoms with Gasteiger partial charge in [-0.2, -0.15) is 0 Å². The van der Waals surface area contributed by atoms with E-state index in [9.17, 15) is 14.7 Å². The Morgan fingerprint density at radius 2 is 0.859 bits per heavy atom. The Balaban J connectivity index is 0.00000132. The molecule has 12 heteroatoms. The minimum atomic E-state index is -0.755. The van der Waals surface area contributed by atoms with E-state index in [-0.39, 0.29) is 43.5 Å². The van der Waals surface area contributed by atoms with Crippen molar-refractivity contribution in [2.45, 2.75) is 240 Å². The molecule has 0 aliphatic carbocycles. The molecule has 0 heterocycles. The molecule has 0 saturated carbocycles. The van der Waals surface area contributed by atoms with Gasteiger partial charge in [-0.1, -0.05) is 249 Å². The summed E-state index contributed by atoms with van der Waals surface area (Å²) in [4.78, 5) is 33.6. The summed E-state index contributed by atoms with van der Waals surface area (Å²) in [6.45, 7) is 13.1. The molecule has 0 aromatic heterocycles. The molecule has 2 aromatic carbocycles. The number of carboxylic acid groups (broad SMARTS) is 1. The summed E-state index contributed by atoms with van der Waals surface area (Å²) in [5.74, 6) is -0.447. The molecular weight excluding hydrogens is 981 g/mol. The van der Waals surface area contributed by atoms with Crippen molar-refractivity contribution in [3.63, 3.8) is 0 Å². The normalized spacial score (nSPS) is 13.2. The minimum Gasteiger partial charge on any atom is -0.481 e. The molecular formula is C66H122N2O10+2. The van der Waals surface area contributed by atoms with Crippen LogP contribution in [0.4, 0.5) is 0 Å². The number of esters is 1. The molecule has 2 N–H and O–H groups in total. The fourth-order valence-corrected chi connectivity index (χ4v) is 9.53. The fraction of sp³-hybridized carbons (Fsp3) is 0.788. The SMILES string of the molecule is CC(CC(=O)O)C[N+](C)(C)C.CCCCCCCCCCCCCCCCOOC(COC(=O)CC(C)C[N+](C)(C)C)OCc1ccccc1.CCCCCCCCCCCCCCCOCC(CO)OCc1ccccc1. The third-order valence-corrected chi connectivity index (χ3v) is 13.4. The second-order valence-corrected chi connectivity index (χ2v) is 24.3. The monoisotopic (exact) mass is 1100 g/mol. The lowest BCUT2D eigenvalue weighted by Crippen LogP contribution is -2.39. The van der Waals surface area contributed by atoms with Gasteiger partial charge in [-0.3, -0.25) is 9.59 Å². The summed E-state index contributed by atoms with van der Waals surface area (Å²) in [6, 6.07) is 19.9. The summed E-state index contributed by atoms with van der Waals surface area (Å²) in [6.07, 6.45) is 35.8. The average molecular weight is 1100 g/mol. The number of hydrogen-bond acceptors (Lipinski definition) is 9. The number of ether oxygens (including phenoxy) is 4. The topological polar surface area (TPSA) is 130 Å². The van der Waals surface area contributed by atoms with Crippen LogP contribution in [0.3, 0.4) is 0 Å². The van der Waals surface area contributed by atoms with Gasteiger partial charge < -0.3 is 38.1 Å². The van der Waals surface area contributed by atoms with E-state index in [1.807, 2.05) is 67.6 Å². The van der Waals surface area contributed by atoms with Crippen molar-refractivity contribution >= 4 is 11.9 Å². The maximum absolute atomic E-state index is 12.4. The molecule has 4 unspecified atom stereocenters. The third-order valence-electron chi connectivity index (χ3n) is 13.4. The quantitative estimate of drug-likeness (QED) is 0.0165. The van der Waals surface area contributed by atoms with E-state index in [0.29, 0.717) is 32.8 Å². The maximum Gasteiger partial charge on any atom is 0.306 e. The predicted molar refractivity (Wildman–Crippen MR) is 323 cm³/mol. The van der Waals surface area contributed by atoms with E-state index in [1.54, 1.807) is 0 Å². The summed E-state index contributed by atoms with van der Waals surface area (Å²) in [5, 5.41) is 17.9. The Labute approximate surface area is 479 Å². The van der Waals surface area contributed by atoms with Crippen molar-refractivity contribution in [1.82, 2.24) is 0 Å². The highest BCUT2D eigenvalue weighted by molar-refractivity contribution is 5.69. The number of aliphatic carboxylic acids is 1. The van der Waals surface area contributed by atoms with E-state index in [4.69, 9.17) is 33.8 Å². The highest BCUT2D eigenvalue weighted by atomic mass is 17.2. The van der Waals surface area contributed by atoms with Gasteiger partial charge in [0.15, 0.2) is 0 Å². The number of carbonyl (C=O) groups is 2. The average Bonchev–Trinajstić information content (AvgIpc) is 3.38. The maximum atomic E-state index is 12.4. The first kappa shape index (κ1) is 75.1. The van der Waals surface area contributed by atoms with Crippen molar-refractivity contribution in [2.24, 2.45) is 11.8 Å². The van der Waals surface area contributed by atoms with Gasteiger partial charge in [0.25, 0.3) is 0 Å². The second kappa shape index (κ2) is 52.2. The predicted octanol–water partition coefficient (Wildman–Crippen LogP) is 15.7. The number of quaternary nitrogens is 2. The van der Waals surface area contributed by atoms with Crippen LogP contribution in [0.1, 0.15) is 225 Å². The molecule has 2 aromatic rings. The Morgan fingerprint density at radius 1 is 0.487 bits per heavy atom. The minimum absolute atomic E-state index is 0.00539. The molecule has 0 fully saturated rings. The van der Waals surface area contributed by atoms with Crippen LogP contribution in [0, 0.1) is 11.8 Å². The molecule has 0 saturated heterocycles. The second-order valence-electron chi connectivity index (χ2n) is 24.3. The highest BCUT2D eigenvalue weighted by Crippen LogP contribution is 2.16. The van der Waals surface area contributed by atoms with Crippen molar-refractivity contribution in [3.05, 3.63) is 71.8 Å². The number of aliphatic hydroxyl groups excluding tert-OH is 1. The largest absolute Gasteiger partial charge is 0.481 e. The van der Waals surface area contributed by atoms with Crippen LogP contribution in [0.2, 0.25) is 0 Å². The molecule has 0 spiro atoms. The van der Waals surface area contributed by atoms with Gasteiger partial charge >= 0.3 is 11.9 Å². The van der Waals surface area contributed by atoms with Gasteiger partial charge in [-0.15, -0.1) is 0 Å². The standard InChI is InChI=1S/C33H60NO5.C25H44O3.C8H17NO2/c1-6-7-8-9-10-11-12-13-14-15-16-17-18-22-25-38-39-33(37-28-31-23-20-19-21-24-31)29-36-32(35)26-30(2)27-34(3,4)5;1-2-3-4-5-6-7-8-9-10-11-12-13-17-20-27-23-25(21-26)28-22-24-18-15-14-16-19-24;1-7(5-8(10)11)6-9(2,3)4/h19-21,23-24,30,33H,6-18,22,25-29H2,1-5H3;14-16,18-19,25-26H,2-13,17,20-23H2,1H3;7H,5-6H2,1-4H3/q+1;;/p+1. The molecule has 0 radical (unpaired) electrons. The van der Waals surface area contributed by atoms with E-state index in [1.165, 1.54) is 154 Å². The van der Waals surface area contributed by atoms with Crippen LogP contribution in [-0.2, 0) is 51.5 Å². The zero-order chi connectivity index (χ0) is 57.8. The van der Waals surface area contributed by atoms with Gasteiger partial charge in [0.2, 0.25) is 6.29 Å². The van der Waals surface area contributed by atoms with E-state index >= 15 is 0 Å². The molecule has 2 rings (SSSR count). The van der Waals surface area contributed by atoms with Crippen molar-refractivity contribution in [1.29, 1.82) is 0 Å². The van der Waals surface area contributed by atoms with Gasteiger partial charge in [-0.25, -0.2) is 9.78 Å². The van der Waals surface area contributed by atoms with E-state index in [0.717, 1.165) is 59.1 Å². The van der Waals surface area contributed by atoms with Crippen molar-refractivity contribution in [3.8, 4) is 0 Å². The summed E-state index contributed by atoms with van der Waals surface area (Å²) in [5.41, 5.74) is 2.15. The number of hydrogen-bond donors (Lipinski definition) is 2. The van der Waals surface area contributed by atoms with Crippen molar-refractivity contribution in [2.75, 3.05) is 88.4 Å². The van der Waals surface area contributed by atoms with E-state index < -0.39 is 12.3 Å². The molecule has 78 heavy (non-hydrogen) atoms. The van der Waals surface area contributed by atoms with Crippen LogP contribution >= 0.6 is 0 Å². The number of carboxylic acids is 1. The van der Waals surface area contributed by atoms with Crippen LogP contribution in [0.5, 0.6) is 0 Å². The smallest absolute Gasteiger partial charge is 0.306 e. The summed E-state index contributed by atoms with van der Waals surface area (Å²) in [7, 11) is 12.6. The summed E-state index contributed by atoms with van der Waals surface area (Å²) >= 11 is 0. The number of rotatable bonds is 50. The number of nitrogens with zero attached hydrogens (tertiary/aromatic N) is 2. The Morgan fingerprint density at radius 3 is 1.24 bits per heavy atom. The first-order valence-corrected chi connectivity index (χ1v) is 31.2. The highest BCUT2D eigenvalue weighted by Gasteiger charge is 2.21. The molecule has 0 amide bonds. The Hall–Kier alpha value is -2.94. The molecule has 0 aliphatic rings. The number of unbranched alkanes of at least 4 members (excludes halogenated alkanes) is 25. The van der Waals surface area contributed by atoms with Crippen molar-refractivity contribution < 1.29 is 57.5 Å². The van der Waals surface area contributed by atoms with Crippen LogP contribution in [0.15, 0.2) is 60.7 Å². The number of carbonyl (C=O) groups excluding carboxylic acids is 1. The number of aliphatic hydroxyl groups is 1. The lowest BCUT2D eigenvalue weighted by atomic mass is 10.0. The Kier molecular flexibility index (Phi) is 50.2. The van der Waals surface area contributed by atoms with Gasteiger partial charge in [-0.05, 0) is 24.0 Å². The number of benzene rings is 2. The molecule has 454 valence electrons. The lowest BCUT2D eigenvalue weighted by molar-refractivity contribution is -0.873. The first-order valence-electron chi connectivity index (χ1n) is 31.2. The zero-order valence-electron chi connectivity index (χ0n) is 52.0. The summed E-state index contributed by atoms with van der Waals surface area (Å²) < 4.78 is 24.4. The third kappa shape index (κ3) is 55.0. The fourth-order valence-electron chi connectivity index (χ4n) is 9.53. The van der Waals surface area contributed by atoms with Gasteiger partial charge in [0.1, 0.15) is 12.7 Å². The molecule has 0 aliphatic heterocycles. The van der Waals surface area contributed by atoms with Gasteiger partial charge in [0, 0.05) is 18.4 Å². The zero-order valence-corrected chi connectivity index (χ0v) is 52.0.